The van der Waals surface area contributed by atoms with Gasteiger partial charge in [0, 0.05) is 23.5 Å². The standard InChI is InChI=1S/C14H16N4O3S/c1-21-13(19)9-4-12(22-7-9)17-14(20)16-10-3-2-8-6-15-18-11(8)5-10/h4,6-7,10H,2-3,5H2,1H3,(H,15,18)(H2,16,17,20). The third-order valence-electron chi connectivity index (χ3n) is 3.61. The van der Waals surface area contributed by atoms with Crippen LogP contribution in [0.25, 0.3) is 0 Å². The predicted molar refractivity (Wildman–Crippen MR) is 82.2 cm³/mol. The number of fused-ring (bicyclic) bond motifs is 1. The summed E-state index contributed by atoms with van der Waals surface area (Å²) in [6.45, 7) is 0. The Morgan fingerprint density at radius 1 is 1.50 bits per heavy atom. The number of aryl methyl sites for hydroxylation is 1. The fourth-order valence-electron chi connectivity index (χ4n) is 2.49. The Morgan fingerprint density at radius 2 is 2.36 bits per heavy atom. The maximum atomic E-state index is 12.0. The van der Waals surface area contributed by atoms with Crippen LogP contribution in [-0.2, 0) is 17.6 Å². The van der Waals surface area contributed by atoms with Gasteiger partial charge in [0.1, 0.15) is 0 Å². The molecule has 0 radical (unpaired) electrons. The number of hydrogen-bond acceptors (Lipinski definition) is 5. The molecule has 116 valence electrons. The number of nitrogens with zero attached hydrogens (tertiary/aromatic N) is 1. The molecule has 3 rings (SSSR count). The van der Waals surface area contributed by atoms with Gasteiger partial charge in [0.15, 0.2) is 0 Å². The Morgan fingerprint density at radius 3 is 3.18 bits per heavy atom. The van der Waals surface area contributed by atoms with Crippen molar-refractivity contribution in [1.29, 1.82) is 0 Å². The minimum absolute atomic E-state index is 0.0768. The second-order valence-electron chi connectivity index (χ2n) is 5.10. The second kappa shape index (κ2) is 6.18. The lowest BCUT2D eigenvalue weighted by atomic mass is 9.94. The average Bonchev–Trinajstić information content (AvgIpc) is 3.14. The first-order chi connectivity index (χ1) is 10.7. The molecule has 0 aromatic carbocycles. The molecule has 0 saturated heterocycles. The second-order valence-corrected chi connectivity index (χ2v) is 6.01. The van der Waals surface area contributed by atoms with Gasteiger partial charge in [-0.05, 0) is 24.5 Å². The smallest absolute Gasteiger partial charge is 0.338 e. The van der Waals surface area contributed by atoms with Gasteiger partial charge < -0.3 is 10.1 Å². The Kier molecular flexibility index (Phi) is 4.10. The van der Waals surface area contributed by atoms with E-state index < -0.39 is 5.97 Å². The van der Waals surface area contributed by atoms with Crippen LogP contribution in [-0.4, -0.2) is 35.3 Å². The van der Waals surface area contributed by atoms with E-state index in [1.54, 1.807) is 11.4 Å². The Balaban J connectivity index is 1.55. The SMILES string of the molecule is COC(=O)c1csc(NC(=O)NC2CCc3cn[nH]c3C2)c1. The van der Waals surface area contributed by atoms with Crippen molar-refractivity contribution in [3.05, 3.63) is 34.5 Å². The van der Waals surface area contributed by atoms with E-state index >= 15 is 0 Å². The maximum absolute atomic E-state index is 12.0. The van der Waals surface area contributed by atoms with Crippen molar-refractivity contribution in [1.82, 2.24) is 15.5 Å². The molecular weight excluding hydrogens is 304 g/mol. The summed E-state index contributed by atoms with van der Waals surface area (Å²) in [7, 11) is 1.33. The van der Waals surface area contributed by atoms with Gasteiger partial charge in [-0.3, -0.25) is 10.4 Å². The summed E-state index contributed by atoms with van der Waals surface area (Å²) in [5.41, 5.74) is 2.74. The summed E-state index contributed by atoms with van der Waals surface area (Å²) in [6.07, 6.45) is 4.38. The number of ether oxygens (including phenoxy) is 1. The molecule has 2 aromatic heterocycles. The number of amides is 2. The molecule has 1 atom stereocenters. The Hall–Kier alpha value is -2.35. The van der Waals surface area contributed by atoms with E-state index in [1.165, 1.54) is 24.0 Å². The number of nitrogens with one attached hydrogen (secondary N) is 3. The van der Waals surface area contributed by atoms with Crippen LogP contribution in [0.3, 0.4) is 0 Å². The zero-order valence-electron chi connectivity index (χ0n) is 12.0. The summed E-state index contributed by atoms with van der Waals surface area (Å²) < 4.78 is 4.63. The molecule has 0 saturated carbocycles. The van der Waals surface area contributed by atoms with Gasteiger partial charge in [0.2, 0.25) is 0 Å². The molecular formula is C14H16N4O3S. The van der Waals surface area contributed by atoms with Crippen molar-refractivity contribution < 1.29 is 14.3 Å². The highest BCUT2D eigenvalue weighted by atomic mass is 32.1. The van der Waals surface area contributed by atoms with Crippen LogP contribution in [0.2, 0.25) is 0 Å². The monoisotopic (exact) mass is 320 g/mol. The number of methoxy groups -OCH3 is 1. The van der Waals surface area contributed by atoms with Gasteiger partial charge in [-0.1, -0.05) is 0 Å². The number of esters is 1. The normalized spacial score (nSPS) is 16.7. The third kappa shape index (κ3) is 3.11. The van der Waals surface area contributed by atoms with E-state index in [2.05, 4.69) is 25.6 Å². The Bertz CT molecular complexity index is 694. The first kappa shape index (κ1) is 14.6. The van der Waals surface area contributed by atoms with E-state index in [9.17, 15) is 9.59 Å². The zero-order valence-corrected chi connectivity index (χ0v) is 12.8. The molecule has 3 N–H and O–H groups in total. The minimum Gasteiger partial charge on any atom is -0.465 e. The van der Waals surface area contributed by atoms with Gasteiger partial charge in [-0.25, -0.2) is 9.59 Å². The van der Waals surface area contributed by atoms with E-state index in [4.69, 9.17) is 0 Å². The number of aromatic nitrogens is 2. The fourth-order valence-corrected chi connectivity index (χ4v) is 3.26. The molecule has 1 aliphatic rings. The first-order valence-corrected chi connectivity index (χ1v) is 7.79. The van der Waals surface area contributed by atoms with E-state index in [-0.39, 0.29) is 12.1 Å². The van der Waals surface area contributed by atoms with Crippen LogP contribution in [0.4, 0.5) is 9.80 Å². The number of anilines is 1. The van der Waals surface area contributed by atoms with Gasteiger partial charge in [0.25, 0.3) is 0 Å². The molecule has 0 fully saturated rings. The minimum atomic E-state index is -0.413. The summed E-state index contributed by atoms with van der Waals surface area (Å²) in [5, 5.41) is 14.9. The average molecular weight is 320 g/mol. The molecule has 0 aliphatic heterocycles. The summed E-state index contributed by atoms with van der Waals surface area (Å²) in [4.78, 5) is 23.4. The van der Waals surface area contributed by atoms with Crippen LogP contribution >= 0.6 is 11.3 Å². The quantitative estimate of drug-likeness (QED) is 0.753. The molecule has 0 spiro atoms. The molecule has 7 nitrogen and oxygen atoms in total. The predicted octanol–water partition coefficient (Wildman–Crippen LogP) is 1.94. The van der Waals surface area contributed by atoms with Gasteiger partial charge in [0.05, 0.1) is 23.9 Å². The number of rotatable bonds is 3. The largest absolute Gasteiger partial charge is 0.465 e. The zero-order chi connectivity index (χ0) is 15.5. The highest BCUT2D eigenvalue weighted by Crippen LogP contribution is 2.22. The van der Waals surface area contributed by atoms with E-state index in [1.807, 2.05) is 6.20 Å². The van der Waals surface area contributed by atoms with Crippen molar-refractivity contribution in [2.24, 2.45) is 0 Å². The molecule has 0 bridgehead atoms. The van der Waals surface area contributed by atoms with Crippen molar-refractivity contribution in [3.63, 3.8) is 0 Å². The summed E-state index contributed by atoms with van der Waals surface area (Å²) in [6, 6.07) is 1.41. The summed E-state index contributed by atoms with van der Waals surface area (Å²) in [5.74, 6) is -0.413. The first-order valence-electron chi connectivity index (χ1n) is 6.91. The van der Waals surface area contributed by atoms with Crippen molar-refractivity contribution in [2.75, 3.05) is 12.4 Å². The molecule has 2 heterocycles. The van der Waals surface area contributed by atoms with Crippen molar-refractivity contribution in [2.45, 2.75) is 25.3 Å². The van der Waals surface area contributed by atoms with Gasteiger partial charge in [-0.2, -0.15) is 5.10 Å². The lowest BCUT2D eigenvalue weighted by Gasteiger charge is -2.22. The van der Waals surface area contributed by atoms with Crippen LogP contribution in [0.1, 0.15) is 28.0 Å². The number of hydrogen-bond donors (Lipinski definition) is 3. The molecule has 8 heteroatoms. The number of carbonyl (C=O) groups excluding carboxylic acids is 2. The van der Waals surface area contributed by atoms with Gasteiger partial charge >= 0.3 is 12.0 Å². The molecule has 2 amide bonds. The molecule has 1 aliphatic carbocycles. The number of carbonyl (C=O) groups is 2. The number of aromatic amines is 1. The third-order valence-corrected chi connectivity index (χ3v) is 4.46. The van der Waals surface area contributed by atoms with Crippen LogP contribution in [0.5, 0.6) is 0 Å². The highest BCUT2D eigenvalue weighted by Gasteiger charge is 2.21. The van der Waals surface area contributed by atoms with Gasteiger partial charge in [-0.15, -0.1) is 11.3 Å². The van der Waals surface area contributed by atoms with E-state index in [0.29, 0.717) is 10.6 Å². The topological polar surface area (TPSA) is 96.1 Å². The maximum Gasteiger partial charge on any atom is 0.338 e. The van der Waals surface area contributed by atoms with E-state index in [0.717, 1.165) is 25.0 Å². The lowest BCUT2D eigenvalue weighted by Crippen LogP contribution is -2.41. The van der Waals surface area contributed by atoms with Crippen LogP contribution in [0, 0.1) is 0 Å². The van der Waals surface area contributed by atoms with Crippen LogP contribution in [0.15, 0.2) is 17.6 Å². The summed E-state index contributed by atoms with van der Waals surface area (Å²) >= 11 is 1.28. The number of H-pyrrole nitrogens is 1. The molecule has 1 unspecified atom stereocenters. The highest BCUT2D eigenvalue weighted by molar-refractivity contribution is 7.14. The van der Waals surface area contributed by atoms with Crippen molar-refractivity contribution >= 4 is 28.3 Å². The number of thiophene rings is 1. The number of urea groups is 1. The lowest BCUT2D eigenvalue weighted by molar-refractivity contribution is 0.0601. The fraction of sp³-hybridized carbons (Fsp3) is 0.357. The van der Waals surface area contributed by atoms with Crippen molar-refractivity contribution in [3.8, 4) is 0 Å². The Labute approximate surface area is 131 Å². The molecule has 2 aromatic rings. The van der Waals surface area contributed by atoms with Crippen LogP contribution < -0.4 is 10.6 Å². The molecule has 22 heavy (non-hydrogen) atoms.